The molecule has 0 saturated carbocycles. The van der Waals surface area contributed by atoms with Gasteiger partial charge in [-0.1, -0.05) is 30.0 Å². The van der Waals surface area contributed by atoms with Crippen molar-refractivity contribution in [2.45, 2.75) is 25.4 Å². The highest BCUT2D eigenvalue weighted by molar-refractivity contribution is 7.99. The van der Waals surface area contributed by atoms with E-state index >= 15 is 0 Å². The Kier molecular flexibility index (Phi) is 5.89. The normalized spacial score (nSPS) is 10.5. The zero-order valence-electron chi connectivity index (χ0n) is 12.6. The molecule has 1 amide bonds. The molecule has 6 heteroatoms. The second kappa shape index (κ2) is 7.89. The van der Waals surface area contributed by atoms with Gasteiger partial charge in [0.15, 0.2) is 5.16 Å². The predicted molar refractivity (Wildman–Crippen MR) is 85.3 cm³/mol. The monoisotopic (exact) mass is 319 g/mol. The molecule has 0 aliphatic heterocycles. The summed E-state index contributed by atoms with van der Waals surface area (Å²) >= 11 is 1.30. The van der Waals surface area contributed by atoms with Gasteiger partial charge in [0.2, 0.25) is 5.91 Å². The van der Waals surface area contributed by atoms with Gasteiger partial charge < -0.3 is 5.32 Å². The Labute approximate surface area is 133 Å². The number of nitrogens with one attached hydrogen (secondary N) is 1. The summed E-state index contributed by atoms with van der Waals surface area (Å²) in [6.07, 6.45) is 0.475. The molecule has 0 fully saturated rings. The van der Waals surface area contributed by atoms with Crippen LogP contribution in [0.3, 0.4) is 0 Å². The molecule has 1 heterocycles. The summed E-state index contributed by atoms with van der Waals surface area (Å²) in [6, 6.07) is 8.47. The molecule has 4 nitrogen and oxygen atoms in total. The molecular formula is C16H18FN3OS. The van der Waals surface area contributed by atoms with Gasteiger partial charge in [-0.05, 0) is 38.0 Å². The Hall–Kier alpha value is -1.95. The van der Waals surface area contributed by atoms with E-state index in [9.17, 15) is 9.18 Å². The fraction of sp³-hybridized carbons (Fsp3) is 0.312. The summed E-state index contributed by atoms with van der Waals surface area (Å²) in [5.41, 5.74) is 2.37. The average Bonchev–Trinajstić information content (AvgIpc) is 2.46. The van der Waals surface area contributed by atoms with E-state index in [2.05, 4.69) is 15.3 Å². The number of thioether (sulfide) groups is 1. The van der Waals surface area contributed by atoms with Crippen LogP contribution in [0, 0.1) is 19.7 Å². The number of hydrogen-bond acceptors (Lipinski definition) is 4. The highest BCUT2D eigenvalue weighted by Crippen LogP contribution is 2.13. The van der Waals surface area contributed by atoms with Crippen LogP contribution in [0.15, 0.2) is 35.5 Å². The van der Waals surface area contributed by atoms with Gasteiger partial charge in [0, 0.05) is 17.9 Å². The van der Waals surface area contributed by atoms with E-state index in [4.69, 9.17) is 0 Å². The topological polar surface area (TPSA) is 54.9 Å². The average molecular weight is 319 g/mol. The van der Waals surface area contributed by atoms with Crippen molar-refractivity contribution in [1.82, 2.24) is 15.3 Å². The van der Waals surface area contributed by atoms with Gasteiger partial charge in [0.25, 0.3) is 0 Å². The number of carbonyl (C=O) groups excluding carboxylic acids is 1. The first-order chi connectivity index (χ1) is 10.5. The summed E-state index contributed by atoms with van der Waals surface area (Å²) in [4.78, 5) is 20.3. The van der Waals surface area contributed by atoms with Crippen LogP contribution in [0.4, 0.5) is 4.39 Å². The summed E-state index contributed by atoms with van der Waals surface area (Å²) in [5, 5.41) is 3.37. The summed E-state index contributed by atoms with van der Waals surface area (Å²) in [7, 11) is 0. The van der Waals surface area contributed by atoms with Gasteiger partial charge in [0.05, 0.1) is 5.75 Å². The molecule has 2 aromatic rings. The molecule has 0 spiro atoms. The van der Waals surface area contributed by atoms with Gasteiger partial charge in [-0.15, -0.1) is 0 Å². The van der Waals surface area contributed by atoms with E-state index < -0.39 is 0 Å². The van der Waals surface area contributed by atoms with E-state index in [0.29, 0.717) is 23.7 Å². The maximum atomic E-state index is 13.4. The van der Waals surface area contributed by atoms with Crippen LogP contribution in [0.1, 0.15) is 17.0 Å². The molecule has 0 aliphatic rings. The number of carbonyl (C=O) groups is 1. The molecule has 22 heavy (non-hydrogen) atoms. The van der Waals surface area contributed by atoms with Crippen LogP contribution in [-0.4, -0.2) is 28.2 Å². The predicted octanol–water partition coefficient (Wildman–Crippen LogP) is 2.68. The van der Waals surface area contributed by atoms with E-state index in [0.717, 1.165) is 11.4 Å². The minimum absolute atomic E-state index is 0.107. The molecule has 0 aliphatic carbocycles. The lowest BCUT2D eigenvalue weighted by Gasteiger charge is -2.06. The number of aryl methyl sites for hydroxylation is 2. The van der Waals surface area contributed by atoms with Gasteiger partial charge in [-0.2, -0.15) is 0 Å². The zero-order valence-corrected chi connectivity index (χ0v) is 13.4. The molecule has 1 aromatic heterocycles. The first-order valence-corrected chi connectivity index (χ1v) is 7.98. The summed E-state index contributed by atoms with van der Waals surface area (Å²) in [5.74, 6) is -0.0981. The van der Waals surface area contributed by atoms with Gasteiger partial charge >= 0.3 is 0 Å². The number of halogens is 1. The van der Waals surface area contributed by atoms with E-state index in [1.54, 1.807) is 18.2 Å². The fourth-order valence-corrected chi connectivity index (χ4v) is 2.76. The molecule has 0 radical (unpaired) electrons. The van der Waals surface area contributed by atoms with Crippen LogP contribution in [0.25, 0.3) is 0 Å². The molecule has 0 unspecified atom stereocenters. The minimum atomic E-state index is -0.241. The van der Waals surface area contributed by atoms with Crippen LogP contribution in [0.5, 0.6) is 0 Å². The SMILES string of the molecule is Cc1cc(C)nc(SCC(=O)NCCc2ccccc2F)n1. The van der Waals surface area contributed by atoms with Crippen molar-refractivity contribution >= 4 is 17.7 Å². The van der Waals surface area contributed by atoms with Crippen molar-refractivity contribution < 1.29 is 9.18 Å². The second-order valence-electron chi connectivity index (χ2n) is 4.91. The maximum absolute atomic E-state index is 13.4. The minimum Gasteiger partial charge on any atom is -0.355 e. The lowest BCUT2D eigenvalue weighted by Crippen LogP contribution is -2.27. The van der Waals surface area contributed by atoms with E-state index in [1.165, 1.54) is 17.8 Å². The lowest BCUT2D eigenvalue weighted by atomic mass is 10.1. The van der Waals surface area contributed by atoms with Crippen molar-refractivity contribution in [2.24, 2.45) is 0 Å². The van der Waals surface area contributed by atoms with Crippen molar-refractivity contribution in [3.8, 4) is 0 Å². The Morgan fingerprint density at radius 3 is 2.59 bits per heavy atom. The van der Waals surface area contributed by atoms with Crippen molar-refractivity contribution in [3.05, 3.63) is 53.1 Å². The molecule has 116 valence electrons. The van der Waals surface area contributed by atoms with Crippen LogP contribution >= 0.6 is 11.8 Å². The molecule has 0 saturated heterocycles. The first kappa shape index (κ1) is 16.4. The van der Waals surface area contributed by atoms with Crippen LogP contribution < -0.4 is 5.32 Å². The third-order valence-electron chi connectivity index (χ3n) is 2.97. The smallest absolute Gasteiger partial charge is 0.230 e. The number of aromatic nitrogens is 2. The number of benzene rings is 1. The quantitative estimate of drug-likeness (QED) is 0.657. The third-order valence-corrected chi connectivity index (χ3v) is 3.82. The zero-order chi connectivity index (χ0) is 15.9. The number of rotatable bonds is 6. The number of nitrogens with zero attached hydrogens (tertiary/aromatic N) is 2. The highest BCUT2D eigenvalue weighted by Gasteiger charge is 2.06. The molecule has 1 aromatic carbocycles. The molecule has 2 rings (SSSR count). The molecule has 0 atom stereocenters. The summed E-state index contributed by atoms with van der Waals surface area (Å²) < 4.78 is 13.4. The van der Waals surface area contributed by atoms with Gasteiger partial charge in [-0.3, -0.25) is 4.79 Å². The standard InChI is InChI=1S/C16H18FN3OS/c1-11-9-12(2)20-16(19-11)22-10-15(21)18-8-7-13-5-3-4-6-14(13)17/h3-6,9H,7-8,10H2,1-2H3,(H,18,21). The van der Waals surface area contributed by atoms with Crippen LogP contribution in [0.2, 0.25) is 0 Å². The largest absolute Gasteiger partial charge is 0.355 e. The Morgan fingerprint density at radius 2 is 1.91 bits per heavy atom. The van der Waals surface area contributed by atoms with E-state index in [1.807, 2.05) is 19.9 Å². The Morgan fingerprint density at radius 1 is 1.23 bits per heavy atom. The second-order valence-corrected chi connectivity index (χ2v) is 5.86. The number of amides is 1. The number of hydrogen-bond donors (Lipinski definition) is 1. The molecule has 1 N–H and O–H groups in total. The van der Waals surface area contributed by atoms with Gasteiger partial charge in [0.1, 0.15) is 5.82 Å². The molecular weight excluding hydrogens is 301 g/mol. The Balaban J connectivity index is 1.75. The van der Waals surface area contributed by atoms with Crippen molar-refractivity contribution in [2.75, 3.05) is 12.3 Å². The van der Waals surface area contributed by atoms with Gasteiger partial charge in [-0.25, -0.2) is 14.4 Å². The third kappa shape index (κ3) is 5.11. The van der Waals surface area contributed by atoms with Crippen molar-refractivity contribution in [3.63, 3.8) is 0 Å². The van der Waals surface area contributed by atoms with Crippen molar-refractivity contribution in [1.29, 1.82) is 0 Å². The highest BCUT2D eigenvalue weighted by atomic mass is 32.2. The Bertz CT molecular complexity index is 643. The fourth-order valence-electron chi connectivity index (χ4n) is 1.98. The van der Waals surface area contributed by atoms with E-state index in [-0.39, 0.29) is 17.5 Å². The maximum Gasteiger partial charge on any atom is 0.230 e. The lowest BCUT2D eigenvalue weighted by molar-refractivity contribution is -0.118. The molecule has 0 bridgehead atoms. The summed E-state index contributed by atoms with van der Waals surface area (Å²) in [6.45, 7) is 4.20. The first-order valence-electron chi connectivity index (χ1n) is 7.00. The van der Waals surface area contributed by atoms with Crippen LogP contribution in [-0.2, 0) is 11.2 Å².